The van der Waals surface area contributed by atoms with Gasteiger partial charge in [0.1, 0.15) is 17.4 Å². The van der Waals surface area contributed by atoms with Crippen LogP contribution in [0.15, 0.2) is 41.0 Å². The maximum absolute atomic E-state index is 12.4. The number of nitrogens with two attached hydrogens (primary N) is 2. The molecule has 1 aromatic carbocycles. The van der Waals surface area contributed by atoms with Gasteiger partial charge in [-0.2, -0.15) is 5.26 Å². The average molecular weight is 408 g/mol. The average Bonchev–Trinajstić information content (AvgIpc) is 2.70. The molecular formula is C18H18ClN3O6. The van der Waals surface area contributed by atoms with Crippen molar-refractivity contribution in [1.82, 2.24) is 0 Å². The number of esters is 1. The number of alkyl halides is 1. The first-order valence-corrected chi connectivity index (χ1v) is 8.45. The number of allylic oxidation sites excluding steroid dienone is 2. The molecule has 1 aliphatic rings. The topological polar surface area (TPSA) is 147 Å². The fourth-order valence-electron chi connectivity index (χ4n) is 2.72. The summed E-state index contributed by atoms with van der Waals surface area (Å²) in [5.74, 6) is -1.97. The van der Waals surface area contributed by atoms with Crippen LogP contribution in [0.3, 0.4) is 0 Å². The Balaban J connectivity index is 2.61. The monoisotopic (exact) mass is 407 g/mol. The zero-order chi connectivity index (χ0) is 20.8. The molecule has 1 aliphatic heterocycles. The summed E-state index contributed by atoms with van der Waals surface area (Å²) < 4.78 is 20.8. The molecule has 148 valence electrons. The summed E-state index contributed by atoms with van der Waals surface area (Å²) in [4.78, 5) is 23.3. The Morgan fingerprint density at radius 1 is 1.32 bits per heavy atom. The number of nitrogens with zero attached hydrogens (tertiary/aromatic N) is 1. The van der Waals surface area contributed by atoms with E-state index >= 15 is 0 Å². The highest BCUT2D eigenvalue weighted by molar-refractivity contribution is 6.19. The van der Waals surface area contributed by atoms with Crippen molar-refractivity contribution in [3.05, 3.63) is 46.6 Å². The lowest BCUT2D eigenvalue weighted by Crippen LogP contribution is -2.26. The largest absolute Gasteiger partial charge is 0.493 e. The Bertz CT molecular complexity index is 903. The highest BCUT2D eigenvalue weighted by Gasteiger charge is 2.37. The van der Waals surface area contributed by atoms with Gasteiger partial charge in [-0.1, -0.05) is 6.07 Å². The van der Waals surface area contributed by atoms with Crippen LogP contribution in [0, 0.1) is 11.3 Å². The molecule has 0 spiro atoms. The molecule has 0 saturated heterocycles. The molecule has 1 amide bonds. The number of amides is 1. The Labute approximate surface area is 166 Å². The van der Waals surface area contributed by atoms with Crippen molar-refractivity contribution < 1.29 is 28.5 Å². The standard InChI is InChI=1S/C18H18ClN3O6/c1-25-12-5-9(3-4-11(12)27-8-14(21)23)15-10(7-20)17(22)28-13(6-19)16(15)18(24)26-2/h3-5,15H,6,8,22H2,1-2H3,(H2,21,23). The van der Waals surface area contributed by atoms with E-state index in [4.69, 9.17) is 42.0 Å². The van der Waals surface area contributed by atoms with E-state index in [-0.39, 0.29) is 46.8 Å². The molecule has 2 rings (SSSR count). The van der Waals surface area contributed by atoms with Gasteiger partial charge in [-0.05, 0) is 17.7 Å². The maximum atomic E-state index is 12.4. The second kappa shape index (κ2) is 9.01. The Hall–Kier alpha value is -3.38. The van der Waals surface area contributed by atoms with E-state index in [1.807, 2.05) is 6.07 Å². The van der Waals surface area contributed by atoms with Crippen LogP contribution in [0.4, 0.5) is 0 Å². The fourth-order valence-corrected chi connectivity index (χ4v) is 2.91. The molecular weight excluding hydrogens is 390 g/mol. The number of methoxy groups -OCH3 is 2. The zero-order valence-corrected chi connectivity index (χ0v) is 15.9. The minimum atomic E-state index is -0.890. The molecule has 1 heterocycles. The molecule has 0 radical (unpaired) electrons. The first kappa shape index (κ1) is 20.9. The highest BCUT2D eigenvalue weighted by atomic mass is 35.5. The number of nitriles is 1. The molecule has 1 unspecified atom stereocenters. The van der Waals surface area contributed by atoms with Gasteiger partial charge in [0.25, 0.3) is 5.91 Å². The van der Waals surface area contributed by atoms with Gasteiger partial charge in [0.05, 0.1) is 31.6 Å². The van der Waals surface area contributed by atoms with Gasteiger partial charge in [-0.3, -0.25) is 4.79 Å². The number of rotatable bonds is 7. The third-order valence-electron chi connectivity index (χ3n) is 3.91. The highest BCUT2D eigenvalue weighted by Crippen LogP contribution is 2.42. The molecule has 10 heteroatoms. The third-order valence-corrected chi connectivity index (χ3v) is 4.16. The van der Waals surface area contributed by atoms with E-state index in [9.17, 15) is 14.9 Å². The van der Waals surface area contributed by atoms with Crippen molar-refractivity contribution in [2.75, 3.05) is 26.7 Å². The number of primary amides is 1. The quantitative estimate of drug-likeness (QED) is 0.503. The summed E-state index contributed by atoms with van der Waals surface area (Å²) in [6.45, 7) is -0.340. The van der Waals surface area contributed by atoms with Crippen LogP contribution in [0.1, 0.15) is 11.5 Å². The van der Waals surface area contributed by atoms with Crippen molar-refractivity contribution in [2.45, 2.75) is 5.92 Å². The fraction of sp³-hybridized carbons (Fsp3) is 0.278. The lowest BCUT2D eigenvalue weighted by atomic mass is 9.83. The van der Waals surface area contributed by atoms with Crippen LogP contribution in [-0.4, -0.2) is 38.6 Å². The number of hydrogen-bond acceptors (Lipinski definition) is 8. The van der Waals surface area contributed by atoms with Crippen molar-refractivity contribution in [2.24, 2.45) is 11.5 Å². The maximum Gasteiger partial charge on any atom is 0.338 e. The number of carbonyl (C=O) groups excluding carboxylic acids is 2. The van der Waals surface area contributed by atoms with Crippen molar-refractivity contribution in [3.8, 4) is 17.6 Å². The van der Waals surface area contributed by atoms with Crippen molar-refractivity contribution >= 4 is 23.5 Å². The Morgan fingerprint density at radius 3 is 2.57 bits per heavy atom. The second-order valence-corrected chi connectivity index (χ2v) is 5.82. The predicted molar refractivity (Wildman–Crippen MR) is 98.1 cm³/mol. The van der Waals surface area contributed by atoms with E-state index in [2.05, 4.69) is 0 Å². The number of hydrogen-bond donors (Lipinski definition) is 2. The van der Waals surface area contributed by atoms with Gasteiger partial charge < -0.3 is 30.4 Å². The van der Waals surface area contributed by atoms with E-state index in [1.54, 1.807) is 12.1 Å². The molecule has 1 aromatic rings. The van der Waals surface area contributed by atoms with Crippen molar-refractivity contribution in [1.29, 1.82) is 5.26 Å². The van der Waals surface area contributed by atoms with Gasteiger partial charge >= 0.3 is 5.97 Å². The smallest absolute Gasteiger partial charge is 0.338 e. The zero-order valence-electron chi connectivity index (χ0n) is 15.2. The molecule has 0 bridgehead atoms. The molecule has 0 saturated carbocycles. The van der Waals surface area contributed by atoms with Crippen molar-refractivity contribution in [3.63, 3.8) is 0 Å². The lowest BCUT2D eigenvalue weighted by Gasteiger charge is -2.27. The minimum Gasteiger partial charge on any atom is -0.493 e. The van der Waals surface area contributed by atoms with Gasteiger partial charge in [0, 0.05) is 0 Å². The molecule has 9 nitrogen and oxygen atoms in total. The molecule has 28 heavy (non-hydrogen) atoms. The Kier molecular flexibility index (Phi) is 6.74. The van der Waals surface area contributed by atoms with Crippen LogP contribution >= 0.6 is 11.6 Å². The van der Waals surface area contributed by atoms with Crippen LogP contribution < -0.4 is 20.9 Å². The molecule has 0 fully saturated rings. The number of ether oxygens (including phenoxy) is 4. The number of halogens is 1. The molecule has 4 N–H and O–H groups in total. The molecule has 0 aromatic heterocycles. The van der Waals surface area contributed by atoms with E-state index in [1.165, 1.54) is 20.3 Å². The summed E-state index contributed by atoms with van der Waals surface area (Å²) in [5, 5.41) is 9.57. The lowest BCUT2D eigenvalue weighted by molar-refractivity contribution is -0.136. The van der Waals surface area contributed by atoms with Gasteiger partial charge in [0.15, 0.2) is 18.1 Å². The first-order valence-electron chi connectivity index (χ1n) is 7.91. The molecule has 0 aliphatic carbocycles. The summed E-state index contributed by atoms with van der Waals surface area (Å²) in [6, 6.07) is 6.62. The van der Waals surface area contributed by atoms with E-state index < -0.39 is 17.8 Å². The number of benzene rings is 1. The SMILES string of the molecule is COC(=O)C1=C(CCl)OC(N)=C(C#N)C1c1ccc(OCC(N)=O)c(OC)c1. The third kappa shape index (κ3) is 4.13. The Morgan fingerprint density at radius 2 is 2.04 bits per heavy atom. The van der Waals surface area contributed by atoms with E-state index in [0.717, 1.165) is 0 Å². The summed E-state index contributed by atoms with van der Waals surface area (Å²) in [7, 11) is 2.60. The molecule has 1 atom stereocenters. The van der Waals surface area contributed by atoms with Crippen LogP contribution in [0.25, 0.3) is 0 Å². The first-order chi connectivity index (χ1) is 13.4. The summed E-state index contributed by atoms with van der Waals surface area (Å²) >= 11 is 5.90. The summed E-state index contributed by atoms with van der Waals surface area (Å²) in [5.41, 5.74) is 11.5. The minimum absolute atomic E-state index is 0.0159. The van der Waals surface area contributed by atoms with Gasteiger partial charge in [-0.15, -0.1) is 11.6 Å². The van der Waals surface area contributed by atoms with E-state index in [0.29, 0.717) is 5.56 Å². The van der Waals surface area contributed by atoms with Crippen LogP contribution in [0.2, 0.25) is 0 Å². The predicted octanol–water partition coefficient (Wildman–Crippen LogP) is 1.03. The summed E-state index contributed by atoms with van der Waals surface area (Å²) in [6.07, 6.45) is 0. The van der Waals surface area contributed by atoms with Crippen LogP contribution in [0.5, 0.6) is 11.5 Å². The van der Waals surface area contributed by atoms with Crippen LogP contribution in [-0.2, 0) is 19.1 Å². The number of carbonyl (C=O) groups is 2. The normalized spacial score (nSPS) is 16.1. The van der Waals surface area contributed by atoms with Gasteiger partial charge in [-0.25, -0.2) is 4.79 Å². The van der Waals surface area contributed by atoms with Gasteiger partial charge in [0.2, 0.25) is 5.88 Å². The second-order valence-electron chi connectivity index (χ2n) is 5.55.